The van der Waals surface area contributed by atoms with Crippen molar-refractivity contribution < 1.29 is 9.53 Å². The lowest BCUT2D eigenvalue weighted by Crippen LogP contribution is -2.56. The summed E-state index contributed by atoms with van der Waals surface area (Å²) >= 11 is 0. The first-order valence-electron chi connectivity index (χ1n) is 10.6. The first kappa shape index (κ1) is 20.6. The summed E-state index contributed by atoms with van der Waals surface area (Å²) in [6.45, 7) is 7.70. The molecule has 0 saturated carbocycles. The van der Waals surface area contributed by atoms with Crippen molar-refractivity contribution in [3.05, 3.63) is 35.9 Å². The predicted molar refractivity (Wildman–Crippen MR) is 112 cm³/mol. The number of ether oxygens (including phenoxy) is 1. The number of rotatable bonds is 6. The van der Waals surface area contributed by atoms with Crippen LogP contribution in [0.4, 0.5) is 0 Å². The number of nitrogens with one attached hydrogen (secondary N) is 1. The lowest BCUT2D eigenvalue weighted by atomic mass is 9.83. The van der Waals surface area contributed by atoms with Crippen molar-refractivity contribution in [2.75, 3.05) is 39.8 Å². The molecule has 2 atom stereocenters. The molecule has 2 unspecified atom stereocenters. The number of hydrogen-bond acceptors (Lipinski definition) is 4. The fourth-order valence-corrected chi connectivity index (χ4v) is 4.49. The highest BCUT2D eigenvalue weighted by atomic mass is 16.5. The van der Waals surface area contributed by atoms with E-state index in [1.807, 2.05) is 0 Å². The van der Waals surface area contributed by atoms with Crippen LogP contribution in [0.5, 0.6) is 0 Å². The molecule has 6 heteroatoms. The molecule has 28 heavy (non-hydrogen) atoms. The number of carbonyl (C=O) groups excluding carboxylic acids is 1. The number of guanidine groups is 1. The zero-order valence-electron chi connectivity index (χ0n) is 17.3. The molecule has 1 aromatic carbocycles. The van der Waals surface area contributed by atoms with Crippen LogP contribution in [0.1, 0.15) is 38.2 Å². The number of aliphatic imine (C=N–C) groups is 1. The van der Waals surface area contributed by atoms with Gasteiger partial charge in [0.15, 0.2) is 5.96 Å². The van der Waals surface area contributed by atoms with E-state index in [1.165, 1.54) is 38.5 Å². The molecular weight excluding hydrogens is 352 g/mol. The summed E-state index contributed by atoms with van der Waals surface area (Å²) in [7, 11) is 1.42. The molecule has 2 aliphatic rings. The number of piperidine rings is 2. The van der Waals surface area contributed by atoms with Crippen LogP contribution < -0.4 is 5.32 Å². The predicted octanol–water partition coefficient (Wildman–Crippen LogP) is 2.50. The zero-order valence-corrected chi connectivity index (χ0v) is 17.3. The molecule has 1 aromatic rings. The normalized spacial score (nSPS) is 23.2. The Morgan fingerprint density at radius 1 is 1.25 bits per heavy atom. The summed E-state index contributed by atoms with van der Waals surface area (Å²) in [4.78, 5) is 21.1. The van der Waals surface area contributed by atoms with Crippen LogP contribution in [0.25, 0.3) is 0 Å². The molecule has 0 aliphatic carbocycles. The maximum atomic E-state index is 11.4. The Balaban J connectivity index is 1.60. The Morgan fingerprint density at radius 3 is 2.82 bits per heavy atom. The summed E-state index contributed by atoms with van der Waals surface area (Å²) in [5, 5.41) is 3.40. The lowest BCUT2D eigenvalue weighted by Gasteiger charge is -2.48. The van der Waals surface area contributed by atoms with E-state index in [4.69, 9.17) is 4.74 Å². The molecule has 6 nitrogen and oxygen atoms in total. The Kier molecular flexibility index (Phi) is 7.71. The number of fused-ring (bicyclic) bond motifs is 1. The van der Waals surface area contributed by atoms with Crippen molar-refractivity contribution in [3.63, 3.8) is 0 Å². The van der Waals surface area contributed by atoms with Crippen LogP contribution >= 0.6 is 0 Å². The van der Waals surface area contributed by atoms with Gasteiger partial charge in [-0.25, -0.2) is 0 Å². The fraction of sp³-hybridized carbons (Fsp3) is 0.636. The molecule has 0 bridgehead atoms. The van der Waals surface area contributed by atoms with E-state index >= 15 is 0 Å². The van der Waals surface area contributed by atoms with Crippen LogP contribution in [0.2, 0.25) is 0 Å². The number of benzene rings is 1. The van der Waals surface area contributed by atoms with Gasteiger partial charge in [-0.1, -0.05) is 30.3 Å². The number of likely N-dealkylation sites (tertiary alicyclic amines) is 2. The van der Waals surface area contributed by atoms with Crippen molar-refractivity contribution in [3.8, 4) is 0 Å². The molecule has 0 aromatic heterocycles. The third kappa shape index (κ3) is 5.47. The third-order valence-electron chi connectivity index (χ3n) is 5.85. The average molecular weight is 387 g/mol. The standard InChI is InChI=1S/C22H34N4O2/c1-3-23-22(24-13-11-21(27)28-2)26-15-12-20-19(17-26)10-7-14-25(20)16-18-8-5-4-6-9-18/h4-6,8-9,19-20H,3,7,10-17H2,1-2H3,(H,23,24). The van der Waals surface area contributed by atoms with Gasteiger partial charge in [0.25, 0.3) is 0 Å². The molecule has 154 valence electrons. The number of methoxy groups -OCH3 is 1. The van der Waals surface area contributed by atoms with Gasteiger partial charge in [-0.2, -0.15) is 0 Å². The van der Waals surface area contributed by atoms with Gasteiger partial charge >= 0.3 is 5.97 Å². The highest BCUT2D eigenvalue weighted by Crippen LogP contribution is 2.31. The maximum Gasteiger partial charge on any atom is 0.307 e. The second-order valence-electron chi connectivity index (χ2n) is 7.72. The number of esters is 1. The quantitative estimate of drug-likeness (QED) is 0.462. The molecular formula is C22H34N4O2. The van der Waals surface area contributed by atoms with Gasteiger partial charge in [0, 0.05) is 32.2 Å². The number of carbonyl (C=O) groups is 1. The zero-order chi connectivity index (χ0) is 19.8. The van der Waals surface area contributed by atoms with E-state index in [1.54, 1.807) is 0 Å². The minimum Gasteiger partial charge on any atom is -0.469 e. The molecule has 2 heterocycles. The van der Waals surface area contributed by atoms with E-state index in [0.717, 1.165) is 32.1 Å². The first-order chi connectivity index (χ1) is 13.7. The van der Waals surface area contributed by atoms with Crippen molar-refractivity contribution in [2.24, 2.45) is 10.9 Å². The summed E-state index contributed by atoms with van der Waals surface area (Å²) < 4.78 is 4.72. The van der Waals surface area contributed by atoms with Crippen LogP contribution in [0, 0.1) is 5.92 Å². The van der Waals surface area contributed by atoms with Crippen LogP contribution in [-0.4, -0.2) is 67.6 Å². The van der Waals surface area contributed by atoms with Gasteiger partial charge in [-0.3, -0.25) is 14.7 Å². The van der Waals surface area contributed by atoms with Gasteiger partial charge in [-0.15, -0.1) is 0 Å². The van der Waals surface area contributed by atoms with Gasteiger partial charge < -0.3 is 15.0 Å². The monoisotopic (exact) mass is 386 g/mol. The van der Waals surface area contributed by atoms with E-state index in [2.05, 4.69) is 57.4 Å². The SMILES string of the molecule is CCNC(=NCCC(=O)OC)N1CCC2C(CCCN2Cc2ccccc2)C1. The van der Waals surface area contributed by atoms with Crippen molar-refractivity contribution in [2.45, 2.75) is 45.2 Å². The molecule has 0 spiro atoms. The summed E-state index contributed by atoms with van der Waals surface area (Å²) in [5.74, 6) is 1.41. The molecule has 0 amide bonds. The first-order valence-corrected chi connectivity index (χ1v) is 10.6. The summed E-state index contributed by atoms with van der Waals surface area (Å²) in [6.07, 6.45) is 4.04. The van der Waals surface area contributed by atoms with Crippen LogP contribution in [-0.2, 0) is 16.1 Å². The molecule has 2 saturated heterocycles. The van der Waals surface area contributed by atoms with E-state index in [9.17, 15) is 4.79 Å². The molecule has 2 fully saturated rings. The lowest BCUT2D eigenvalue weighted by molar-refractivity contribution is -0.140. The smallest absolute Gasteiger partial charge is 0.307 e. The van der Waals surface area contributed by atoms with Crippen molar-refractivity contribution >= 4 is 11.9 Å². The van der Waals surface area contributed by atoms with E-state index < -0.39 is 0 Å². The topological polar surface area (TPSA) is 57.2 Å². The second kappa shape index (κ2) is 10.5. The summed E-state index contributed by atoms with van der Waals surface area (Å²) in [5.41, 5.74) is 1.41. The van der Waals surface area contributed by atoms with Crippen LogP contribution in [0.3, 0.4) is 0 Å². The Labute approximate surface area is 168 Å². The number of nitrogens with zero attached hydrogens (tertiary/aromatic N) is 3. The van der Waals surface area contributed by atoms with Crippen molar-refractivity contribution in [1.82, 2.24) is 15.1 Å². The van der Waals surface area contributed by atoms with Gasteiger partial charge in [0.2, 0.25) is 0 Å². The third-order valence-corrected chi connectivity index (χ3v) is 5.85. The number of hydrogen-bond donors (Lipinski definition) is 1. The highest BCUT2D eigenvalue weighted by molar-refractivity contribution is 5.80. The molecule has 2 aliphatic heterocycles. The minimum absolute atomic E-state index is 0.206. The Bertz CT molecular complexity index is 649. The highest BCUT2D eigenvalue weighted by Gasteiger charge is 2.36. The minimum atomic E-state index is -0.206. The van der Waals surface area contributed by atoms with E-state index in [-0.39, 0.29) is 5.97 Å². The largest absolute Gasteiger partial charge is 0.469 e. The fourth-order valence-electron chi connectivity index (χ4n) is 4.49. The maximum absolute atomic E-state index is 11.4. The Hall–Kier alpha value is -2.08. The van der Waals surface area contributed by atoms with Gasteiger partial charge in [0.1, 0.15) is 0 Å². The summed E-state index contributed by atoms with van der Waals surface area (Å²) in [6, 6.07) is 11.5. The van der Waals surface area contributed by atoms with Gasteiger partial charge in [0.05, 0.1) is 20.1 Å². The van der Waals surface area contributed by atoms with Crippen molar-refractivity contribution in [1.29, 1.82) is 0 Å². The van der Waals surface area contributed by atoms with E-state index in [0.29, 0.717) is 24.9 Å². The second-order valence-corrected chi connectivity index (χ2v) is 7.72. The molecule has 1 N–H and O–H groups in total. The molecule has 3 rings (SSSR count). The van der Waals surface area contributed by atoms with Crippen LogP contribution in [0.15, 0.2) is 35.3 Å². The van der Waals surface area contributed by atoms with Gasteiger partial charge in [-0.05, 0) is 44.2 Å². The Morgan fingerprint density at radius 2 is 2.07 bits per heavy atom. The molecule has 0 radical (unpaired) electrons. The average Bonchev–Trinajstić information content (AvgIpc) is 2.73.